The third-order valence-electron chi connectivity index (χ3n) is 11.8. The molecule has 0 fully saturated rings. The Labute approximate surface area is 361 Å². The highest BCUT2D eigenvalue weighted by molar-refractivity contribution is 5.71. The molecule has 0 unspecified atom stereocenters. The van der Waals surface area contributed by atoms with E-state index in [2.05, 4.69) is 27.7 Å². The maximum absolute atomic E-state index is 12.8. The van der Waals surface area contributed by atoms with Gasteiger partial charge in [0.15, 0.2) is 6.10 Å². The lowest BCUT2D eigenvalue weighted by molar-refractivity contribution is -0.167. The molecule has 6 heteroatoms. The van der Waals surface area contributed by atoms with E-state index < -0.39 is 6.10 Å². The van der Waals surface area contributed by atoms with Crippen molar-refractivity contribution in [1.82, 2.24) is 0 Å². The maximum atomic E-state index is 12.8. The lowest BCUT2D eigenvalue weighted by Gasteiger charge is -2.18. The van der Waals surface area contributed by atoms with Gasteiger partial charge in [0.05, 0.1) is 0 Å². The van der Waals surface area contributed by atoms with Gasteiger partial charge in [-0.05, 0) is 25.2 Å². The first-order chi connectivity index (χ1) is 28.4. The van der Waals surface area contributed by atoms with Crippen LogP contribution < -0.4 is 0 Å². The minimum absolute atomic E-state index is 0.0636. The third-order valence-corrected chi connectivity index (χ3v) is 11.8. The minimum atomic E-state index is -0.761. The largest absolute Gasteiger partial charge is 0.462 e. The highest BCUT2D eigenvalue weighted by Gasteiger charge is 2.19. The zero-order chi connectivity index (χ0) is 42.4. The van der Waals surface area contributed by atoms with Gasteiger partial charge < -0.3 is 14.2 Å². The van der Waals surface area contributed by atoms with Crippen LogP contribution in [-0.4, -0.2) is 37.2 Å². The van der Waals surface area contributed by atoms with Crippen LogP contribution in [0.5, 0.6) is 0 Å². The molecule has 0 amide bonds. The summed E-state index contributed by atoms with van der Waals surface area (Å²) in [4.78, 5) is 37.9. The van der Waals surface area contributed by atoms with E-state index in [4.69, 9.17) is 14.2 Å². The molecule has 0 aromatic rings. The first-order valence-corrected chi connectivity index (χ1v) is 25.9. The quantitative estimate of drug-likeness (QED) is 0.0346. The van der Waals surface area contributed by atoms with Gasteiger partial charge in [0.2, 0.25) is 0 Å². The second-order valence-electron chi connectivity index (χ2n) is 18.3. The van der Waals surface area contributed by atoms with E-state index in [1.54, 1.807) is 0 Å². The van der Waals surface area contributed by atoms with E-state index >= 15 is 0 Å². The summed E-state index contributed by atoms with van der Waals surface area (Å²) in [6.07, 6.45) is 48.2. The molecule has 0 saturated carbocycles. The monoisotopic (exact) mass is 821 g/mol. The summed E-state index contributed by atoms with van der Waals surface area (Å²) >= 11 is 0. The van der Waals surface area contributed by atoms with Crippen molar-refractivity contribution in [3.05, 3.63) is 0 Å². The Bertz CT molecular complexity index is 872. The van der Waals surface area contributed by atoms with Crippen LogP contribution >= 0.6 is 0 Å². The van der Waals surface area contributed by atoms with Gasteiger partial charge in [-0.25, -0.2) is 0 Å². The number of carbonyl (C=O) groups excluding carboxylic acids is 3. The fourth-order valence-corrected chi connectivity index (χ4v) is 7.86. The van der Waals surface area contributed by atoms with Gasteiger partial charge in [-0.2, -0.15) is 0 Å². The summed E-state index contributed by atoms with van der Waals surface area (Å²) in [6, 6.07) is 0. The van der Waals surface area contributed by atoms with E-state index in [0.717, 1.165) is 63.7 Å². The summed E-state index contributed by atoms with van der Waals surface area (Å²) < 4.78 is 16.8. The summed E-state index contributed by atoms with van der Waals surface area (Å²) in [7, 11) is 0. The SMILES string of the molecule is CCCCCCCCCCCCCCCCCCCC(=O)OC[C@H](COC(=O)CCCCCCCCC(C)C)OC(=O)CCCCCCCCCCCCCCCC. The van der Waals surface area contributed by atoms with E-state index in [-0.39, 0.29) is 31.1 Å². The van der Waals surface area contributed by atoms with Gasteiger partial charge in [-0.15, -0.1) is 0 Å². The Hall–Kier alpha value is -1.59. The third kappa shape index (κ3) is 45.5. The molecule has 0 saturated heterocycles. The molecular formula is C52H100O6. The molecular weight excluding hydrogens is 721 g/mol. The Morgan fingerprint density at radius 3 is 0.845 bits per heavy atom. The smallest absolute Gasteiger partial charge is 0.306 e. The molecule has 0 aliphatic rings. The van der Waals surface area contributed by atoms with E-state index in [1.807, 2.05) is 0 Å². The summed E-state index contributed by atoms with van der Waals surface area (Å²) in [5.74, 6) is -0.0861. The Kier molecular flexibility index (Phi) is 45.2. The number of esters is 3. The van der Waals surface area contributed by atoms with Crippen LogP contribution in [0.4, 0.5) is 0 Å². The molecule has 344 valence electrons. The van der Waals surface area contributed by atoms with Crippen molar-refractivity contribution in [2.24, 2.45) is 5.92 Å². The molecule has 6 nitrogen and oxygen atoms in total. The van der Waals surface area contributed by atoms with E-state index in [9.17, 15) is 14.4 Å². The lowest BCUT2D eigenvalue weighted by atomic mass is 10.0. The number of carbonyl (C=O) groups is 3. The second-order valence-corrected chi connectivity index (χ2v) is 18.3. The Balaban J connectivity index is 4.25. The van der Waals surface area contributed by atoms with Crippen LogP contribution in [0.1, 0.15) is 291 Å². The predicted molar refractivity (Wildman–Crippen MR) is 247 cm³/mol. The average Bonchev–Trinajstić information content (AvgIpc) is 3.21. The van der Waals surface area contributed by atoms with Crippen LogP contribution in [0.25, 0.3) is 0 Å². The molecule has 0 N–H and O–H groups in total. The van der Waals surface area contributed by atoms with Crippen LogP contribution in [0.2, 0.25) is 0 Å². The van der Waals surface area contributed by atoms with Gasteiger partial charge in [0.1, 0.15) is 13.2 Å². The highest BCUT2D eigenvalue weighted by atomic mass is 16.6. The van der Waals surface area contributed by atoms with Gasteiger partial charge in [0.25, 0.3) is 0 Å². The molecule has 1 atom stereocenters. The Morgan fingerprint density at radius 2 is 0.569 bits per heavy atom. The fraction of sp³-hybridized carbons (Fsp3) is 0.942. The fourth-order valence-electron chi connectivity index (χ4n) is 7.86. The normalized spacial score (nSPS) is 11.9. The van der Waals surface area contributed by atoms with E-state index in [0.29, 0.717) is 19.3 Å². The van der Waals surface area contributed by atoms with Gasteiger partial charge in [-0.1, -0.05) is 252 Å². The number of ether oxygens (including phenoxy) is 3. The Morgan fingerprint density at radius 1 is 0.328 bits per heavy atom. The number of hydrogen-bond acceptors (Lipinski definition) is 6. The van der Waals surface area contributed by atoms with Crippen LogP contribution in [-0.2, 0) is 28.6 Å². The van der Waals surface area contributed by atoms with Crippen molar-refractivity contribution in [1.29, 1.82) is 0 Å². The number of unbranched alkanes of at least 4 members (excludes halogenated alkanes) is 34. The summed E-state index contributed by atoms with van der Waals surface area (Å²) in [5, 5.41) is 0. The predicted octanol–water partition coefficient (Wildman–Crippen LogP) is 16.7. The first kappa shape index (κ1) is 56.4. The number of hydrogen-bond donors (Lipinski definition) is 0. The standard InChI is InChI=1S/C52H100O6/c1-5-7-9-11-13-15-17-19-21-22-23-25-26-28-30-35-39-43-50(53)56-46-49(47-57-51(54)44-40-36-33-32-34-38-42-48(3)4)58-52(55)45-41-37-31-29-27-24-20-18-16-14-12-10-8-6-2/h48-49H,5-47H2,1-4H3/t49-/m1/s1. The van der Waals surface area contributed by atoms with Gasteiger partial charge in [0, 0.05) is 19.3 Å². The average molecular weight is 821 g/mol. The van der Waals surface area contributed by atoms with Crippen molar-refractivity contribution >= 4 is 17.9 Å². The summed E-state index contributed by atoms with van der Waals surface area (Å²) in [6.45, 7) is 8.96. The lowest BCUT2D eigenvalue weighted by Crippen LogP contribution is -2.30. The first-order valence-electron chi connectivity index (χ1n) is 25.9. The molecule has 0 bridgehead atoms. The van der Waals surface area contributed by atoms with Crippen molar-refractivity contribution in [2.45, 2.75) is 297 Å². The minimum Gasteiger partial charge on any atom is -0.462 e. The molecule has 0 radical (unpaired) electrons. The second kappa shape index (κ2) is 46.5. The zero-order valence-corrected chi connectivity index (χ0v) is 39.5. The van der Waals surface area contributed by atoms with Crippen molar-refractivity contribution in [2.75, 3.05) is 13.2 Å². The topological polar surface area (TPSA) is 78.9 Å². The van der Waals surface area contributed by atoms with E-state index in [1.165, 1.54) is 186 Å². The summed E-state index contributed by atoms with van der Waals surface area (Å²) in [5.41, 5.74) is 0. The van der Waals surface area contributed by atoms with Gasteiger partial charge >= 0.3 is 17.9 Å². The molecule has 0 spiro atoms. The van der Waals surface area contributed by atoms with Crippen molar-refractivity contribution in [3.63, 3.8) is 0 Å². The van der Waals surface area contributed by atoms with Crippen molar-refractivity contribution < 1.29 is 28.6 Å². The molecule has 0 aromatic carbocycles. The molecule has 58 heavy (non-hydrogen) atoms. The molecule has 0 rings (SSSR count). The molecule has 0 heterocycles. The highest BCUT2D eigenvalue weighted by Crippen LogP contribution is 2.17. The van der Waals surface area contributed by atoms with Crippen LogP contribution in [0, 0.1) is 5.92 Å². The zero-order valence-electron chi connectivity index (χ0n) is 39.5. The van der Waals surface area contributed by atoms with Crippen molar-refractivity contribution in [3.8, 4) is 0 Å². The van der Waals surface area contributed by atoms with Gasteiger partial charge in [-0.3, -0.25) is 14.4 Å². The molecule has 0 aliphatic carbocycles. The van der Waals surface area contributed by atoms with Crippen LogP contribution in [0.15, 0.2) is 0 Å². The maximum Gasteiger partial charge on any atom is 0.306 e. The molecule has 0 aromatic heterocycles. The molecule has 0 aliphatic heterocycles. The number of rotatable bonds is 47. The van der Waals surface area contributed by atoms with Crippen LogP contribution in [0.3, 0.4) is 0 Å².